The molecule has 0 aliphatic rings. The van der Waals surface area contributed by atoms with E-state index in [1.54, 1.807) is 11.9 Å². The lowest BCUT2D eigenvalue weighted by Crippen LogP contribution is -1.83. The van der Waals surface area contributed by atoms with Crippen LogP contribution in [0.2, 0.25) is 0 Å². The molecule has 0 saturated heterocycles. The maximum atomic E-state index is 4.36. The van der Waals surface area contributed by atoms with Crippen LogP contribution in [0.15, 0.2) is 65.8 Å². The minimum atomic E-state index is 1.03. The molecular formula is C13H10N2S. The summed E-state index contributed by atoms with van der Waals surface area (Å²) in [5.41, 5.74) is 2.18. The lowest BCUT2D eigenvalue weighted by atomic mass is 10.3. The van der Waals surface area contributed by atoms with E-state index >= 15 is 0 Å². The highest BCUT2D eigenvalue weighted by Crippen LogP contribution is 2.24. The van der Waals surface area contributed by atoms with Crippen molar-refractivity contribution in [2.45, 2.75) is 4.90 Å². The zero-order chi connectivity index (χ0) is 10.8. The maximum absolute atomic E-state index is 4.36. The summed E-state index contributed by atoms with van der Waals surface area (Å²) in [5.74, 6) is 0. The minimum Gasteiger partial charge on any atom is -0.268 e. The van der Waals surface area contributed by atoms with Crippen molar-refractivity contribution in [3.8, 4) is 0 Å². The van der Waals surface area contributed by atoms with Crippen molar-refractivity contribution in [2.24, 2.45) is 0 Å². The van der Waals surface area contributed by atoms with E-state index in [0.29, 0.717) is 0 Å². The van der Waals surface area contributed by atoms with Gasteiger partial charge in [0, 0.05) is 4.90 Å². The number of benzene rings is 2. The SMILES string of the molecule is c1ccc(Sn2cnc3ccccc32)cc1. The summed E-state index contributed by atoms with van der Waals surface area (Å²) in [6.07, 6.45) is 1.86. The number of para-hydroxylation sites is 2. The van der Waals surface area contributed by atoms with Crippen LogP contribution in [-0.2, 0) is 0 Å². The Balaban J connectivity index is 2.01. The normalized spacial score (nSPS) is 10.8. The zero-order valence-electron chi connectivity index (χ0n) is 8.58. The van der Waals surface area contributed by atoms with Crippen LogP contribution in [0.4, 0.5) is 0 Å². The third kappa shape index (κ3) is 1.70. The van der Waals surface area contributed by atoms with Gasteiger partial charge in [-0.3, -0.25) is 3.97 Å². The van der Waals surface area contributed by atoms with Crippen LogP contribution in [-0.4, -0.2) is 8.96 Å². The number of hydrogen-bond donors (Lipinski definition) is 0. The van der Waals surface area contributed by atoms with Gasteiger partial charge in [0.2, 0.25) is 0 Å². The molecule has 78 valence electrons. The second-order valence-corrected chi connectivity index (χ2v) is 4.51. The molecule has 0 unspecified atom stereocenters. The smallest absolute Gasteiger partial charge is 0.106 e. The van der Waals surface area contributed by atoms with E-state index in [-0.39, 0.29) is 0 Å². The van der Waals surface area contributed by atoms with Gasteiger partial charge in [0.25, 0.3) is 0 Å². The average molecular weight is 226 g/mol. The lowest BCUT2D eigenvalue weighted by molar-refractivity contribution is 1.25. The molecule has 0 fully saturated rings. The molecule has 0 N–H and O–H groups in total. The van der Waals surface area contributed by atoms with Gasteiger partial charge in [-0.1, -0.05) is 30.3 Å². The number of rotatable bonds is 2. The molecule has 3 aromatic rings. The monoisotopic (exact) mass is 226 g/mol. The lowest BCUT2D eigenvalue weighted by Gasteiger charge is -2.02. The van der Waals surface area contributed by atoms with E-state index in [1.165, 1.54) is 4.90 Å². The van der Waals surface area contributed by atoms with Crippen molar-refractivity contribution in [3.05, 3.63) is 60.9 Å². The Morgan fingerprint density at radius 1 is 0.875 bits per heavy atom. The van der Waals surface area contributed by atoms with Crippen molar-refractivity contribution in [1.29, 1.82) is 0 Å². The molecule has 0 atom stereocenters. The summed E-state index contributed by atoms with van der Waals surface area (Å²) in [4.78, 5) is 5.57. The van der Waals surface area contributed by atoms with Crippen molar-refractivity contribution in [2.75, 3.05) is 0 Å². The van der Waals surface area contributed by atoms with Crippen LogP contribution < -0.4 is 0 Å². The Morgan fingerprint density at radius 2 is 1.62 bits per heavy atom. The van der Waals surface area contributed by atoms with Crippen molar-refractivity contribution >= 4 is 23.0 Å². The summed E-state index contributed by atoms with van der Waals surface area (Å²) >= 11 is 1.68. The molecule has 3 rings (SSSR count). The largest absolute Gasteiger partial charge is 0.268 e. The molecule has 0 radical (unpaired) electrons. The number of fused-ring (bicyclic) bond motifs is 1. The predicted octanol–water partition coefficient (Wildman–Crippen LogP) is 3.59. The molecule has 3 heteroatoms. The van der Waals surface area contributed by atoms with Crippen LogP contribution in [0.1, 0.15) is 0 Å². The molecule has 2 nitrogen and oxygen atoms in total. The van der Waals surface area contributed by atoms with Crippen LogP contribution in [0.3, 0.4) is 0 Å². The van der Waals surface area contributed by atoms with Gasteiger partial charge in [0.15, 0.2) is 0 Å². The highest BCUT2D eigenvalue weighted by atomic mass is 32.2. The molecule has 0 saturated carbocycles. The first kappa shape index (κ1) is 9.48. The first-order valence-corrected chi connectivity index (χ1v) is 5.86. The molecule has 1 aromatic heterocycles. The highest BCUT2D eigenvalue weighted by molar-refractivity contribution is 7.98. The average Bonchev–Trinajstić information content (AvgIpc) is 2.74. The third-order valence-electron chi connectivity index (χ3n) is 2.37. The number of nitrogens with zero attached hydrogens (tertiary/aromatic N) is 2. The van der Waals surface area contributed by atoms with Crippen LogP contribution >= 0.6 is 11.9 Å². The van der Waals surface area contributed by atoms with Crippen LogP contribution in [0, 0.1) is 0 Å². The van der Waals surface area contributed by atoms with Gasteiger partial charge in [-0.05, 0) is 36.2 Å². The molecule has 2 aromatic carbocycles. The number of aromatic nitrogens is 2. The van der Waals surface area contributed by atoms with Crippen LogP contribution in [0.5, 0.6) is 0 Å². The fourth-order valence-corrected chi connectivity index (χ4v) is 2.46. The summed E-state index contributed by atoms with van der Waals surface area (Å²) in [6.45, 7) is 0. The zero-order valence-corrected chi connectivity index (χ0v) is 9.39. The standard InChI is InChI=1S/C13H10N2S/c1-2-6-11(7-3-1)16-15-10-14-12-8-4-5-9-13(12)15/h1-10H. The summed E-state index contributed by atoms with van der Waals surface area (Å²) < 4.78 is 2.09. The van der Waals surface area contributed by atoms with E-state index in [0.717, 1.165) is 11.0 Å². The van der Waals surface area contributed by atoms with Gasteiger partial charge in [-0.25, -0.2) is 4.98 Å². The molecular weight excluding hydrogens is 216 g/mol. The van der Waals surface area contributed by atoms with E-state index in [1.807, 2.05) is 42.7 Å². The van der Waals surface area contributed by atoms with E-state index in [4.69, 9.17) is 0 Å². The van der Waals surface area contributed by atoms with Gasteiger partial charge in [-0.2, -0.15) is 0 Å². The van der Waals surface area contributed by atoms with E-state index in [9.17, 15) is 0 Å². The summed E-state index contributed by atoms with van der Waals surface area (Å²) in [7, 11) is 0. The Hall–Kier alpha value is -1.74. The highest BCUT2D eigenvalue weighted by Gasteiger charge is 2.02. The molecule has 0 bridgehead atoms. The second kappa shape index (κ2) is 4.02. The Labute approximate surface area is 98.1 Å². The predicted molar refractivity (Wildman–Crippen MR) is 67.4 cm³/mol. The Bertz CT molecular complexity index is 601. The first-order valence-electron chi connectivity index (χ1n) is 5.09. The quantitative estimate of drug-likeness (QED) is 0.664. The van der Waals surface area contributed by atoms with Gasteiger partial charge >= 0.3 is 0 Å². The van der Waals surface area contributed by atoms with E-state index < -0.39 is 0 Å². The Morgan fingerprint density at radius 3 is 2.50 bits per heavy atom. The number of imidazole rings is 1. The van der Waals surface area contributed by atoms with Gasteiger partial charge in [0.1, 0.15) is 6.33 Å². The molecule has 1 heterocycles. The maximum Gasteiger partial charge on any atom is 0.106 e. The van der Waals surface area contributed by atoms with Gasteiger partial charge in [0.05, 0.1) is 11.0 Å². The van der Waals surface area contributed by atoms with Crippen molar-refractivity contribution in [3.63, 3.8) is 0 Å². The molecule has 16 heavy (non-hydrogen) atoms. The summed E-state index contributed by atoms with van der Waals surface area (Å²) in [6, 6.07) is 18.5. The summed E-state index contributed by atoms with van der Waals surface area (Å²) in [5, 5.41) is 0. The molecule has 0 aliphatic heterocycles. The van der Waals surface area contributed by atoms with Crippen molar-refractivity contribution < 1.29 is 0 Å². The minimum absolute atomic E-state index is 1.03. The van der Waals surface area contributed by atoms with Crippen molar-refractivity contribution in [1.82, 2.24) is 8.96 Å². The molecule has 0 amide bonds. The topological polar surface area (TPSA) is 17.8 Å². The van der Waals surface area contributed by atoms with E-state index in [2.05, 4.69) is 27.2 Å². The third-order valence-corrected chi connectivity index (χ3v) is 3.34. The van der Waals surface area contributed by atoms with Crippen LogP contribution in [0.25, 0.3) is 11.0 Å². The fraction of sp³-hybridized carbons (Fsp3) is 0. The van der Waals surface area contributed by atoms with Gasteiger partial charge < -0.3 is 0 Å². The molecule has 0 spiro atoms. The first-order chi connectivity index (χ1) is 7.93. The Kier molecular flexibility index (Phi) is 2.38. The second-order valence-electron chi connectivity index (χ2n) is 3.46. The molecule has 0 aliphatic carbocycles. The van der Waals surface area contributed by atoms with Gasteiger partial charge in [-0.15, -0.1) is 0 Å². The number of hydrogen-bond acceptors (Lipinski definition) is 2. The fourth-order valence-electron chi connectivity index (χ4n) is 1.60.